The Kier molecular flexibility index (Phi) is 4.44. The summed E-state index contributed by atoms with van der Waals surface area (Å²) in [4.78, 5) is 2.24. The summed E-state index contributed by atoms with van der Waals surface area (Å²) in [6.45, 7) is 3.50. The second-order valence-corrected chi connectivity index (χ2v) is 4.86. The lowest BCUT2D eigenvalue weighted by molar-refractivity contribution is 0.451. The number of likely N-dealkylation sites (N-methyl/N-ethyl adjacent to an activating group) is 1. The van der Waals surface area contributed by atoms with Crippen LogP contribution in [-0.4, -0.2) is 13.1 Å². The molecule has 3 nitrogen and oxygen atoms in total. The second-order valence-electron chi connectivity index (χ2n) is 4.01. The lowest BCUT2D eigenvalue weighted by Gasteiger charge is -2.30. The zero-order chi connectivity index (χ0) is 13.0. The summed E-state index contributed by atoms with van der Waals surface area (Å²) in [5, 5.41) is 0. The molecular formula is C14H17BrN2O. The van der Waals surface area contributed by atoms with Crippen molar-refractivity contribution in [3.8, 4) is 0 Å². The highest BCUT2D eigenvalue weighted by Crippen LogP contribution is 2.31. The van der Waals surface area contributed by atoms with E-state index in [0.29, 0.717) is 6.54 Å². The van der Waals surface area contributed by atoms with Crippen LogP contribution in [0.25, 0.3) is 0 Å². The van der Waals surface area contributed by atoms with Gasteiger partial charge in [-0.2, -0.15) is 0 Å². The Morgan fingerprint density at radius 2 is 2.00 bits per heavy atom. The third-order valence-corrected chi connectivity index (χ3v) is 3.63. The summed E-state index contributed by atoms with van der Waals surface area (Å²) in [7, 11) is 0. The van der Waals surface area contributed by atoms with E-state index in [1.165, 1.54) is 0 Å². The molecule has 2 rings (SSSR count). The molecule has 0 amide bonds. The van der Waals surface area contributed by atoms with E-state index in [0.717, 1.165) is 22.5 Å². The van der Waals surface area contributed by atoms with Gasteiger partial charge in [0.15, 0.2) is 0 Å². The molecule has 0 spiro atoms. The summed E-state index contributed by atoms with van der Waals surface area (Å²) in [5.41, 5.74) is 7.08. The third kappa shape index (κ3) is 2.60. The molecule has 0 fully saturated rings. The Balaban J connectivity index is 2.34. The van der Waals surface area contributed by atoms with Crippen LogP contribution in [0.3, 0.4) is 0 Å². The third-order valence-electron chi connectivity index (χ3n) is 2.98. The average molecular weight is 309 g/mol. The summed E-state index contributed by atoms with van der Waals surface area (Å²) in [5.74, 6) is 0.878. The number of nitrogens with two attached hydrogens (primary N) is 1. The number of nitrogens with zero attached hydrogens (tertiary/aromatic N) is 1. The molecule has 96 valence electrons. The van der Waals surface area contributed by atoms with Crippen molar-refractivity contribution in [1.82, 2.24) is 0 Å². The van der Waals surface area contributed by atoms with Crippen LogP contribution in [0.5, 0.6) is 0 Å². The van der Waals surface area contributed by atoms with Gasteiger partial charge in [0.25, 0.3) is 0 Å². The molecule has 0 radical (unpaired) electrons. The van der Waals surface area contributed by atoms with Gasteiger partial charge < -0.3 is 15.1 Å². The molecule has 0 saturated carbocycles. The molecule has 0 aliphatic carbocycles. The van der Waals surface area contributed by atoms with E-state index in [1.54, 1.807) is 6.26 Å². The number of halogens is 1. The summed E-state index contributed by atoms with van der Waals surface area (Å²) < 4.78 is 6.52. The Morgan fingerprint density at radius 1 is 1.28 bits per heavy atom. The first-order valence-corrected chi connectivity index (χ1v) is 6.81. The Labute approximate surface area is 116 Å². The summed E-state index contributed by atoms with van der Waals surface area (Å²) in [6.07, 6.45) is 1.68. The molecule has 4 heteroatoms. The molecular weight excluding hydrogens is 292 g/mol. The molecule has 0 saturated heterocycles. The number of hydrogen-bond acceptors (Lipinski definition) is 3. The number of benzene rings is 1. The quantitative estimate of drug-likeness (QED) is 0.918. The molecule has 1 atom stereocenters. The van der Waals surface area contributed by atoms with Gasteiger partial charge in [-0.25, -0.2) is 0 Å². The van der Waals surface area contributed by atoms with Crippen LogP contribution in [0.15, 0.2) is 51.6 Å². The zero-order valence-electron chi connectivity index (χ0n) is 10.3. The van der Waals surface area contributed by atoms with Crippen molar-refractivity contribution in [1.29, 1.82) is 0 Å². The largest absolute Gasteiger partial charge is 0.466 e. The first-order chi connectivity index (χ1) is 8.77. The average Bonchev–Trinajstić information content (AvgIpc) is 2.83. The van der Waals surface area contributed by atoms with Crippen LogP contribution in [0.4, 0.5) is 5.69 Å². The first-order valence-electron chi connectivity index (χ1n) is 6.02. The fourth-order valence-electron chi connectivity index (χ4n) is 2.12. The molecule has 1 unspecified atom stereocenters. The van der Waals surface area contributed by atoms with E-state index in [-0.39, 0.29) is 6.04 Å². The van der Waals surface area contributed by atoms with Gasteiger partial charge in [0, 0.05) is 18.8 Å². The minimum absolute atomic E-state index is 0.0433. The molecule has 0 aliphatic heterocycles. The smallest absolute Gasteiger partial charge is 0.141 e. The van der Waals surface area contributed by atoms with E-state index < -0.39 is 0 Å². The molecule has 18 heavy (non-hydrogen) atoms. The molecule has 1 heterocycles. The first kappa shape index (κ1) is 13.2. The van der Waals surface area contributed by atoms with Crippen LogP contribution in [-0.2, 0) is 0 Å². The lowest BCUT2D eigenvalue weighted by atomic mass is 10.1. The van der Waals surface area contributed by atoms with Gasteiger partial charge in [0.2, 0.25) is 0 Å². The van der Waals surface area contributed by atoms with Crippen molar-refractivity contribution in [3.05, 3.63) is 52.9 Å². The molecule has 1 aromatic carbocycles. The van der Waals surface area contributed by atoms with Crippen molar-refractivity contribution in [2.24, 2.45) is 5.73 Å². The van der Waals surface area contributed by atoms with Gasteiger partial charge in [0.1, 0.15) is 11.8 Å². The fraction of sp³-hybridized carbons (Fsp3) is 0.286. The Hall–Kier alpha value is -1.26. The van der Waals surface area contributed by atoms with Crippen LogP contribution >= 0.6 is 15.9 Å². The number of rotatable bonds is 5. The second kappa shape index (κ2) is 6.07. The van der Waals surface area contributed by atoms with E-state index in [9.17, 15) is 0 Å². The molecule has 0 bridgehead atoms. The Morgan fingerprint density at radius 3 is 2.50 bits per heavy atom. The molecule has 2 aromatic rings. The standard InChI is InChI=1S/C14H17BrN2O/c1-2-17(11-6-4-3-5-7-11)13(10-16)14-12(15)8-9-18-14/h3-9,13H,2,10,16H2,1H3. The van der Waals surface area contributed by atoms with Crippen LogP contribution in [0, 0.1) is 0 Å². The van der Waals surface area contributed by atoms with Crippen molar-refractivity contribution in [2.75, 3.05) is 18.0 Å². The monoisotopic (exact) mass is 308 g/mol. The minimum atomic E-state index is 0.0433. The number of furan rings is 1. The van der Waals surface area contributed by atoms with Crippen LogP contribution in [0.2, 0.25) is 0 Å². The fourth-order valence-corrected chi connectivity index (χ4v) is 2.59. The molecule has 0 aliphatic rings. The van der Waals surface area contributed by atoms with Crippen molar-refractivity contribution >= 4 is 21.6 Å². The maximum Gasteiger partial charge on any atom is 0.141 e. The maximum atomic E-state index is 5.92. The van der Waals surface area contributed by atoms with Crippen LogP contribution < -0.4 is 10.6 Å². The predicted octanol–water partition coefficient (Wildman–Crippen LogP) is 3.57. The number of hydrogen-bond donors (Lipinski definition) is 1. The van der Waals surface area contributed by atoms with Gasteiger partial charge in [-0.05, 0) is 41.1 Å². The van der Waals surface area contributed by atoms with Gasteiger partial charge in [-0.3, -0.25) is 0 Å². The number of para-hydroxylation sites is 1. The van der Waals surface area contributed by atoms with E-state index in [4.69, 9.17) is 10.2 Å². The Bertz CT molecular complexity index is 484. The van der Waals surface area contributed by atoms with E-state index in [2.05, 4.69) is 39.9 Å². The SMILES string of the molecule is CCN(c1ccccc1)C(CN)c1occc1Br. The maximum absolute atomic E-state index is 5.92. The zero-order valence-corrected chi connectivity index (χ0v) is 11.9. The number of anilines is 1. The van der Waals surface area contributed by atoms with E-state index >= 15 is 0 Å². The topological polar surface area (TPSA) is 42.4 Å². The molecule has 2 N–H and O–H groups in total. The summed E-state index contributed by atoms with van der Waals surface area (Å²) in [6, 6.07) is 12.2. The minimum Gasteiger partial charge on any atom is -0.466 e. The van der Waals surface area contributed by atoms with Crippen LogP contribution in [0.1, 0.15) is 18.7 Å². The van der Waals surface area contributed by atoms with E-state index in [1.807, 2.05) is 24.3 Å². The molecule has 1 aromatic heterocycles. The normalized spacial score (nSPS) is 12.4. The summed E-state index contributed by atoms with van der Waals surface area (Å²) >= 11 is 3.50. The highest BCUT2D eigenvalue weighted by Gasteiger charge is 2.23. The van der Waals surface area contributed by atoms with Gasteiger partial charge in [-0.15, -0.1) is 0 Å². The highest BCUT2D eigenvalue weighted by atomic mass is 79.9. The van der Waals surface area contributed by atoms with Crippen molar-refractivity contribution in [2.45, 2.75) is 13.0 Å². The van der Waals surface area contributed by atoms with Gasteiger partial charge in [0.05, 0.1) is 10.7 Å². The van der Waals surface area contributed by atoms with Gasteiger partial charge in [-0.1, -0.05) is 18.2 Å². The lowest BCUT2D eigenvalue weighted by Crippen LogP contribution is -2.33. The van der Waals surface area contributed by atoms with Crippen molar-refractivity contribution < 1.29 is 4.42 Å². The van der Waals surface area contributed by atoms with Gasteiger partial charge >= 0.3 is 0 Å². The predicted molar refractivity (Wildman–Crippen MR) is 77.7 cm³/mol. The highest BCUT2D eigenvalue weighted by molar-refractivity contribution is 9.10. The van der Waals surface area contributed by atoms with Crippen molar-refractivity contribution in [3.63, 3.8) is 0 Å².